The van der Waals surface area contributed by atoms with Crippen molar-refractivity contribution in [1.82, 2.24) is 25.5 Å². The summed E-state index contributed by atoms with van der Waals surface area (Å²) in [5.41, 5.74) is 1.27. The molecule has 0 bridgehead atoms. The van der Waals surface area contributed by atoms with Crippen molar-refractivity contribution < 1.29 is 0 Å². The number of hydrogen-bond donors (Lipinski definition) is 2. The largest absolute Gasteiger partial charge is 0.371 e. The molecule has 0 unspecified atom stereocenters. The molecule has 2 aromatic heterocycles. The molecule has 1 aliphatic rings. The van der Waals surface area contributed by atoms with Crippen molar-refractivity contribution in [2.75, 3.05) is 18.0 Å². The molecule has 0 saturated carbocycles. The zero-order chi connectivity index (χ0) is 12.9. The maximum absolute atomic E-state index is 4.12. The molecule has 2 N–H and O–H groups in total. The van der Waals surface area contributed by atoms with E-state index in [4.69, 9.17) is 0 Å². The SMILES string of the molecule is c1cc(N2CCC(NCc3ncn[nH]3)CC2)ccn1. The van der Waals surface area contributed by atoms with E-state index in [0.29, 0.717) is 6.04 Å². The number of aromatic amines is 1. The molecule has 2 aromatic rings. The second-order valence-corrected chi connectivity index (χ2v) is 4.78. The van der Waals surface area contributed by atoms with Crippen LogP contribution in [-0.4, -0.2) is 39.3 Å². The third kappa shape index (κ3) is 3.08. The van der Waals surface area contributed by atoms with Gasteiger partial charge in [0.25, 0.3) is 0 Å². The zero-order valence-electron chi connectivity index (χ0n) is 10.8. The molecule has 0 amide bonds. The molecule has 0 atom stereocenters. The third-order valence-corrected chi connectivity index (χ3v) is 3.55. The van der Waals surface area contributed by atoms with Crippen molar-refractivity contribution in [3.05, 3.63) is 36.7 Å². The Labute approximate surface area is 112 Å². The fourth-order valence-electron chi connectivity index (χ4n) is 2.45. The first kappa shape index (κ1) is 12.1. The fourth-order valence-corrected chi connectivity index (χ4v) is 2.45. The lowest BCUT2D eigenvalue weighted by molar-refractivity contribution is 0.410. The highest BCUT2D eigenvalue weighted by atomic mass is 15.2. The molecule has 3 rings (SSSR count). The zero-order valence-corrected chi connectivity index (χ0v) is 10.8. The summed E-state index contributed by atoms with van der Waals surface area (Å²) in [6.07, 6.45) is 7.54. The van der Waals surface area contributed by atoms with Crippen molar-refractivity contribution in [3.63, 3.8) is 0 Å². The summed E-state index contributed by atoms with van der Waals surface area (Å²) in [6.45, 7) is 2.93. The summed E-state index contributed by atoms with van der Waals surface area (Å²) in [7, 11) is 0. The highest BCUT2D eigenvalue weighted by molar-refractivity contribution is 5.44. The van der Waals surface area contributed by atoms with Crippen LogP contribution in [0.3, 0.4) is 0 Å². The average molecular weight is 258 g/mol. The van der Waals surface area contributed by atoms with Crippen LogP contribution in [0.2, 0.25) is 0 Å². The lowest BCUT2D eigenvalue weighted by atomic mass is 10.0. The Hall–Kier alpha value is -1.95. The first-order valence-corrected chi connectivity index (χ1v) is 6.64. The summed E-state index contributed by atoms with van der Waals surface area (Å²) < 4.78 is 0. The monoisotopic (exact) mass is 258 g/mol. The average Bonchev–Trinajstić information content (AvgIpc) is 3.00. The van der Waals surface area contributed by atoms with E-state index in [2.05, 4.69) is 42.5 Å². The summed E-state index contributed by atoms with van der Waals surface area (Å²) in [4.78, 5) is 10.6. The van der Waals surface area contributed by atoms with Gasteiger partial charge in [-0.1, -0.05) is 0 Å². The first-order chi connectivity index (χ1) is 9.42. The van der Waals surface area contributed by atoms with Gasteiger partial charge in [-0.05, 0) is 25.0 Å². The van der Waals surface area contributed by atoms with Gasteiger partial charge in [0.15, 0.2) is 0 Å². The van der Waals surface area contributed by atoms with Crippen molar-refractivity contribution in [2.24, 2.45) is 0 Å². The lowest BCUT2D eigenvalue weighted by Gasteiger charge is -2.33. The Bertz CT molecular complexity index is 475. The Morgan fingerprint density at radius 1 is 1.26 bits per heavy atom. The van der Waals surface area contributed by atoms with E-state index in [1.807, 2.05) is 12.4 Å². The van der Waals surface area contributed by atoms with E-state index in [1.54, 1.807) is 6.33 Å². The third-order valence-electron chi connectivity index (χ3n) is 3.55. The number of rotatable bonds is 4. The predicted octanol–water partition coefficient (Wildman–Crippen LogP) is 0.958. The van der Waals surface area contributed by atoms with Crippen molar-refractivity contribution >= 4 is 5.69 Å². The first-order valence-electron chi connectivity index (χ1n) is 6.64. The minimum atomic E-state index is 0.559. The van der Waals surface area contributed by atoms with Gasteiger partial charge in [-0.15, -0.1) is 0 Å². The molecule has 100 valence electrons. The van der Waals surface area contributed by atoms with Gasteiger partial charge < -0.3 is 10.2 Å². The smallest absolute Gasteiger partial charge is 0.138 e. The number of piperidine rings is 1. The van der Waals surface area contributed by atoms with E-state index in [0.717, 1.165) is 38.3 Å². The van der Waals surface area contributed by atoms with Crippen molar-refractivity contribution in [3.8, 4) is 0 Å². The van der Waals surface area contributed by atoms with Gasteiger partial charge >= 0.3 is 0 Å². The van der Waals surface area contributed by atoms with E-state index in [1.165, 1.54) is 5.69 Å². The van der Waals surface area contributed by atoms with Gasteiger partial charge in [-0.25, -0.2) is 4.98 Å². The number of hydrogen-bond acceptors (Lipinski definition) is 5. The molecule has 1 aliphatic heterocycles. The van der Waals surface area contributed by atoms with Gasteiger partial charge in [-0.3, -0.25) is 10.1 Å². The summed E-state index contributed by atoms with van der Waals surface area (Å²) in [6, 6.07) is 4.70. The van der Waals surface area contributed by atoms with Crippen molar-refractivity contribution in [2.45, 2.75) is 25.4 Å². The molecule has 3 heterocycles. The molecule has 0 spiro atoms. The van der Waals surface area contributed by atoms with Crippen LogP contribution in [0.1, 0.15) is 18.7 Å². The molecule has 6 heteroatoms. The fraction of sp³-hybridized carbons (Fsp3) is 0.462. The second-order valence-electron chi connectivity index (χ2n) is 4.78. The highest BCUT2D eigenvalue weighted by Crippen LogP contribution is 2.18. The highest BCUT2D eigenvalue weighted by Gasteiger charge is 2.19. The Morgan fingerprint density at radius 3 is 2.74 bits per heavy atom. The van der Waals surface area contributed by atoms with E-state index in [-0.39, 0.29) is 0 Å². The van der Waals surface area contributed by atoms with Gasteiger partial charge in [0, 0.05) is 37.2 Å². The van der Waals surface area contributed by atoms with Crippen LogP contribution in [0.15, 0.2) is 30.9 Å². The molecule has 0 aromatic carbocycles. The van der Waals surface area contributed by atoms with E-state index in [9.17, 15) is 0 Å². The van der Waals surface area contributed by atoms with Crippen LogP contribution in [0.5, 0.6) is 0 Å². The molecule has 0 aliphatic carbocycles. The normalized spacial score (nSPS) is 16.7. The quantitative estimate of drug-likeness (QED) is 0.854. The number of pyridine rings is 1. The van der Waals surface area contributed by atoms with Crippen LogP contribution in [-0.2, 0) is 6.54 Å². The molecule has 1 saturated heterocycles. The van der Waals surface area contributed by atoms with Gasteiger partial charge in [0.1, 0.15) is 12.2 Å². The van der Waals surface area contributed by atoms with E-state index >= 15 is 0 Å². The molecule has 1 fully saturated rings. The predicted molar refractivity (Wildman–Crippen MR) is 72.7 cm³/mol. The second kappa shape index (κ2) is 5.79. The van der Waals surface area contributed by atoms with Crippen LogP contribution in [0.25, 0.3) is 0 Å². The molecule has 19 heavy (non-hydrogen) atoms. The summed E-state index contributed by atoms with van der Waals surface area (Å²) >= 11 is 0. The van der Waals surface area contributed by atoms with Crippen LogP contribution >= 0.6 is 0 Å². The standard InChI is InChI=1S/C13H18N6/c1-5-14-6-2-12(1)19-7-3-11(4-8-19)15-9-13-16-10-17-18-13/h1-2,5-6,10-11,15H,3-4,7-9H2,(H,16,17,18). The minimum absolute atomic E-state index is 0.559. The van der Waals surface area contributed by atoms with Gasteiger partial charge in [0.2, 0.25) is 0 Å². The Balaban J connectivity index is 1.47. The van der Waals surface area contributed by atoms with Crippen LogP contribution in [0.4, 0.5) is 5.69 Å². The van der Waals surface area contributed by atoms with Crippen LogP contribution in [0, 0.1) is 0 Å². The number of anilines is 1. The van der Waals surface area contributed by atoms with Crippen LogP contribution < -0.4 is 10.2 Å². The Morgan fingerprint density at radius 2 is 2.05 bits per heavy atom. The van der Waals surface area contributed by atoms with Crippen molar-refractivity contribution in [1.29, 1.82) is 0 Å². The summed E-state index contributed by atoms with van der Waals surface area (Å²) in [5.74, 6) is 0.900. The summed E-state index contributed by atoms with van der Waals surface area (Å²) in [5, 5.41) is 10.2. The Kier molecular flexibility index (Phi) is 3.69. The number of H-pyrrole nitrogens is 1. The topological polar surface area (TPSA) is 69.7 Å². The maximum atomic E-state index is 4.12. The van der Waals surface area contributed by atoms with E-state index < -0.39 is 0 Å². The molecular formula is C13H18N6. The minimum Gasteiger partial charge on any atom is -0.371 e. The van der Waals surface area contributed by atoms with Gasteiger partial charge in [-0.2, -0.15) is 5.10 Å². The molecular weight excluding hydrogens is 240 g/mol. The lowest BCUT2D eigenvalue weighted by Crippen LogP contribution is -2.42. The number of nitrogens with one attached hydrogen (secondary N) is 2. The molecule has 6 nitrogen and oxygen atoms in total. The maximum Gasteiger partial charge on any atom is 0.138 e. The number of aromatic nitrogens is 4. The number of nitrogens with zero attached hydrogens (tertiary/aromatic N) is 4. The molecule has 0 radical (unpaired) electrons. The van der Waals surface area contributed by atoms with Gasteiger partial charge in [0.05, 0.1) is 6.54 Å².